The molecule has 0 aromatic carbocycles. The van der Waals surface area contributed by atoms with Gasteiger partial charge in [0.15, 0.2) is 9.84 Å². The van der Waals surface area contributed by atoms with Crippen LogP contribution < -0.4 is 5.32 Å². The summed E-state index contributed by atoms with van der Waals surface area (Å²) in [6.07, 6.45) is 0. The number of nitrogens with one attached hydrogen (secondary N) is 1. The summed E-state index contributed by atoms with van der Waals surface area (Å²) in [6, 6.07) is -0.341. The van der Waals surface area contributed by atoms with Gasteiger partial charge in [-0.3, -0.25) is 4.79 Å². The van der Waals surface area contributed by atoms with Gasteiger partial charge in [-0.1, -0.05) is 6.92 Å². The molecule has 5 nitrogen and oxygen atoms in total. The highest BCUT2D eigenvalue weighted by atomic mass is 32.2. The van der Waals surface area contributed by atoms with Gasteiger partial charge in [-0.25, -0.2) is 8.42 Å². The largest absolute Gasteiger partial charge is 0.347 e. The summed E-state index contributed by atoms with van der Waals surface area (Å²) in [5.41, 5.74) is 0. The Morgan fingerprint density at radius 1 is 1.40 bits per heavy atom. The summed E-state index contributed by atoms with van der Waals surface area (Å²) >= 11 is 0. The van der Waals surface area contributed by atoms with Crippen LogP contribution in [0.4, 0.5) is 0 Å². The molecule has 0 saturated carbocycles. The molecule has 1 N–H and O–H groups in total. The van der Waals surface area contributed by atoms with E-state index >= 15 is 0 Å². The van der Waals surface area contributed by atoms with Gasteiger partial charge in [-0.2, -0.15) is 0 Å². The quantitative estimate of drug-likeness (QED) is 0.674. The molecule has 0 radical (unpaired) electrons. The van der Waals surface area contributed by atoms with Gasteiger partial charge in [-0.05, 0) is 6.92 Å². The van der Waals surface area contributed by atoms with E-state index in [4.69, 9.17) is 0 Å². The number of nitrogens with zero attached hydrogens (tertiary/aromatic N) is 1. The van der Waals surface area contributed by atoms with Crippen molar-refractivity contribution in [2.24, 2.45) is 0 Å². The number of amides is 1. The second kappa shape index (κ2) is 6.07. The van der Waals surface area contributed by atoms with Crippen molar-refractivity contribution in [1.82, 2.24) is 10.2 Å². The topological polar surface area (TPSA) is 66.5 Å². The minimum atomic E-state index is -2.95. The Labute approximate surface area is 91.8 Å². The highest BCUT2D eigenvalue weighted by Crippen LogP contribution is 1.91. The van der Waals surface area contributed by atoms with Crippen molar-refractivity contribution in [3.63, 3.8) is 0 Å². The minimum absolute atomic E-state index is 0.0519. The smallest absolute Gasteiger partial charge is 0.238 e. The third-order valence-electron chi connectivity index (χ3n) is 2.11. The molecule has 90 valence electrons. The van der Waals surface area contributed by atoms with E-state index in [1.54, 1.807) is 27.9 Å². The van der Waals surface area contributed by atoms with Crippen LogP contribution in [-0.2, 0) is 14.6 Å². The molecule has 0 spiro atoms. The van der Waals surface area contributed by atoms with Crippen molar-refractivity contribution in [2.75, 3.05) is 32.1 Å². The van der Waals surface area contributed by atoms with Gasteiger partial charge < -0.3 is 10.2 Å². The van der Waals surface area contributed by atoms with Crippen LogP contribution >= 0.6 is 0 Å². The summed E-state index contributed by atoms with van der Waals surface area (Å²) in [4.78, 5) is 12.9. The predicted octanol–water partition coefficient (Wildman–Crippen LogP) is -0.513. The highest BCUT2D eigenvalue weighted by molar-refractivity contribution is 7.91. The van der Waals surface area contributed by atoms with Gasteiger partial charge in [0.1, 0.15) is 0 Å². The number of carbonyl (C=O) groups is 1. The van der Waals surface area contributed by atoms with E-state index in [1.807, 2.05) is 0 Å². The van der Waals surface area contributed by atoms with Crippen LogP contribution in [0, 0.1) is 0 Å². The maximum atomic E-state index is 11.4. The fourth-order valence-corrected chi connectivity index (χ4v) is 1.77. The molecule has 1 atom stereocenters. The lowest BCUT2D eigenvalue weighted by atomic mass is 10.3. The van der Waals surface area contributed by atoms with Crippen LogP contribution in [-0.4, -0.2) is 57.4 Å². The standard InChI is InChI=1S/C9H20N2O3S/c1-5-15(13,14)7-6-10-8(2)9(12)11(3)4/h8,10H,5-7H2,1-4H3. The van der Waals surface area contributed by atoms with Gasteiger partial charge in [0.2, 0.25) is 5.91 Å². The second-order valence-corrected chi connectivity index (χ2v) is 6.12. The molecule has 0 aliphatic carbocycles. The number of rotatable bonds is 6. The Balaban J connectivity index is 3.93. The van der Waals surface area contributed by atoms with Crippen LogP contribution in [0.15, 0.2) is 0 Å². The molecule has 0 aliphatic heterocycles. The maximum Gasteiger partial charge on any atom is 0.238 e. The first kappa shape index (κ1) is 14.4. The van der Waals surface area contributed by atoms with Gasteiger partial charge in [0, 0.05) is 26.4 Å². The molecule has 0 aromatic rings. The van der Waals surface area contributed by atoms with Crippen molar-refractivity contribution in [3.05, 3.63) is 0 Å². The van der Waals surface area contributed by atoms with Gasteiger partial charge in [-0.15, -0.1) is 0 Å². The Kier molecular flexibility index (Phi) is 5.82. The zero-order chi connectivity index (χ0) is 12.1. The zero-order valence-corrected chi connectivity index (χ0v) is 10.6. The molecule has 0 heterocycles. The molecule has 0 aromatic heterocycles. The van der Waals surface area contributed by atoms with E-state index < -0.39 is 9.84 Å². The molecule has 1 amide bonds. The average Bonchev–Trinajstić information content (AvgIpc) is 2.16. The van der Waals surface area contributed by atoms with Gasteiger partial charge in [0.05, 0.1) is 11.8 Å². The molecule has 0 aliphatic rings. The molecule has 0 bridgehead atoms. The first-order chi connectivity index (χ1) is 6.80. The van der Waals surface area contributed by atoms with Crippen molar-refractivity contribution in [1.29, 1.82) is 0 Å². The average molecular weight is 236 g/mol. The van der Waals surface area contributed by atoms with E-state index in [2.05, 4.69) is 5.32 Å². The number of sulfone groups is 1. The van der Waals surface area contributed by atoms with E-state index in [-0.39, 0.29) is 23.5 Å². The first-order valence-electron chi connectivity index (χ1n) is 4.95. The lowest BCUT2D eigenvalue weighted by molar-refractivity contribution is -0.130. The predicted molar refractivity (Wildman–Crippen MR) is 60.5 cm³/mol. The van der Waals surface area contributed by atoms with Gasteiger partial charge >= 0.3 is 0 Å². The van der Waals surface area contributed by atoms with Crippen molar-refractivity contribution in [3.8, 4) is 0 Å². The Bertz CT molecular complexity index is 298. The van der Waals surface area contributed by atoms with Crippen LogP contribution in [0.2, 0.25) is 0 Å². The number of likely N-dealkylation sites (N-methyl/N-ethyl adjacent to an activating group) is 1. The molecule has 0 saturated heterocycles. The molecular weight excluding hydrogens is 216 g/mol. The number of hydrogen-bond donors (Lipinski definition) is 1. The van der Waals surface area contributed by atoms with Crippen LogP contribution in [0.1, 0.15) is 13.8 Å². The van der Waals surface area contributed by atoms with Crippen LogP contribution in [0.25, 0.3) is 0 Å². The maximum absolute atomic E-state index is 11.4. The highest BCUT2D eigenvalue weighted by Gasteiger charge is 2.15. The fourth-order valence-electron chi connectivity index (χ4n) is 1.05. The summed E-state index contributed by atoms with van der Waals surface area (Å²) in [5, 5.41) is 2.88. The third-order valence-corrected chi connectivity index (χ3v) is 3.82. The van der Waals surface area contributed by atoms with Crippen LogP contribution in [0.5, 0.6) is 0 Å². The summed E-state index contributed by atoms with van der Waals surface area (Å²) in [7, 11) is 0.391. The Hall–Kier alpha value is -0.620. The van der Waals surface area contributed by atoms with Crippen LogP contribution in [0.3, 0.4) is 0 Å². The Morgan fingerprint density at radius 2 is 1.93 bits per heavy atom. The summed E-state index contributed by atoms with van der Waals surface area (Å²) in [6.45, 7) is 3.65. The number of hydrogen-bond acceptors (Lipinski definition) is 4. The monoisotopic (exact) mass is 236 g/mol. The molecule has 15 heavy (non-hydrogen) atoms. The molecular formula is C9H20N2O3S. The molecule has 0 fully saturated rings. The number of carbonyl (C=O) groups excluding carboxylic acids is 1. The van der Waals surface area contributed by atoms with E-state index in [0.717, 1.165) is 0 Å². The zero-order valence-electron chi connectivity index (χ0n) is 9.78. The normalized spacial score (nSPS) is 13.6. The van der Waals surface area contributed by atoms with E-state index in [0.29, 0.717) is 6.54 Å². The summed E-state index contributed by atoms with van der Waals surface area (Å²) in [5.74, 6) is 0.170. The third kappa shape index (κ3) is 5.74. The van der Waals surface area contributed by atoms with Crippen molar-refractivity contribution < 1.29 is 13.2 Å². The molecule has 1 unspecified atom stereocenters. The van der Waals surface area contributed by atoms with Crippen molar-refractivity contribution >= 4 is 15.7 Å². The summed E-state index contributed by atoms with van der Waals surface area (Å²) < 4.78 is 22.3. The minimum Gasteiger partial charge on any atom is -0.347 e. The second-order valence-electron chi connectivity index (χ2n) is 3.64. The van der Waals surface area contributed by atoms with Gasteiger partial charge in [0.25, 0.3) is 0 Å². The molecule has 6 heteroatoms. The lowest BCUT2D eigenvalue weighted by Crippen LogP contribution is -2.43. The Morgan fingerprint density at radius 3 is 2.33 bits per heavy atom. The lowest BCUT2D eigenvalue weighted by Gasteiger charge is -2.17. The van der Waals surface area contributed by atoms with E-state index in [9.17, 15) is 13.2 Å². The fraction of sp³-hybridized carbons (Fsp3) is 0.889. The molecule has 0 rings (SSSR count). The first-order valence-corrected chi connectivity index (χ1v) is 6.77. The van der Waals surface area contributed by atoms with Crippen molar-refractivity contribution in [2.45, 2.75) is 19.9 Å². The SMILES string of the molecule is CCS(=O)(=O)CCNC(C)C(=O)N(C)C. The van der Waals surface area contributed by atoms with E-state index in [1.165, 1.54) is 4.90 Å².